The summed E-state index contributed by atoms with van der Waals surface area (Å²) in [7, 11) is 0. The highest BCUT2D eigenvalue weighted by Gasteiger charge is 2.26. The number of rotatable bonds is 9. The molecular formula is C106H62O3. The van der Waals surface area contributed by atoms with E-state index in [1.165, 1.54) is 120 Å². The van der Waals surface area contributed by atoms with Crippen molar-refractivity contribution in [1.82, 2.24) is 0 Å². The van der Waals surface area contributed by atoms with Crippen LogP contribution in [0.5, 0.6) is 0 Å². The van der Waals surface area contributed by atoms with Crippen LogP contribution in [0.4, 0.5) is 0 Å². The van der Waals surface area contributed by atoms with Crippen LogP contribution in [0, 0.1) is 0 Å². The minimum atomic E-state index is 0.849. The van der Waals surface area contributed by atoms with Crippen LogP contribution in [0.3, 0.4) is 0 Å². The lowest BCUT2D eigenvalue weighted by molar-refractivity contribution is 0.669. The van der Waals surface area contributed by atoms with Crippen LogP contribution >= 0.6 is 0 Å². The summed E-state index contributed by atoms with van der Waals surface area (Å²) in [5, 5.41) is 23.4. The number of para-hydroxylation sites is 4. The van der Waals surface area contributed by atoms with Gasteiger partial charge in [0.05, 0.1) is 0 Å². The highest BCUT2D eigenvalue weighted by molar-refractivity contribution is 6.28. The number of benzene rings is 20. The molecule has 0 aliphatic heterocycles. The molecule has 23 aromatic rings. The normalized spacial score (nSPS) is 12.0. The fourth-order valence-corrected chi connectivity index (χ4v) is 18.6. The quantitative estimate of drug-likeness (QED) is 0.135. The first-order valence-electron chi connectivity index (χ1n) is 37.5. The Morgan fingerprint density at radius 2 is 0.468 bits per heavy atom. The molecule has 3 heterocycles. The Hall–Kier alpha value is -14.4. The smallest absolute Gasteiger partial charge is 0.143 e. The van der Waals surface area contributed by atoms with Gasteiger partial charge in [-0.15, -0.1) is 0 Å². The fraction of sp³-hybridized carbons (Fsp3) is 0. The molecule has 0 N–H and O–H groups in total. The number of hydrogen-bond acceptors (Lipinski definition) is 3. The topological polar surface area (TPSA) is 39.4 Å². The van der Waals surface area contributed by atoms with Crippen molar-refractivity contribution >= 4 is 141 Å². The summed E-state index contributed by atoms with van der Waals surface area (Å²) in [5.41, 5.74) is 26.1. The molecule has 0 atom stereocenters. The van der Waals surface area contributed by atoms with Crippen molar-refractivity contribution in [3.63, 3.8) is 0 Å². The average molecular weight is 1380 g/mol. The molecule has 504 valence electrons. The molecule has 109 heavy (non-hydrogen) atoms. The van der Waals surface area contributed by atoms with E-state index in [9.17, 15) is 0 Å². The van der Waals surface area contributed by atoms with E-state index < -0.39 is 0 Å². The van der Waals surface area contributed by atoms with Gasteiger partial charge in [-0.2, -0.15) is 0 Å². The van der Waals surface area contributed by atoms with E-state index in [0.717, 1.165) is 121 Å². The summed E-state index contributed by atoms with van der Waals surface area (Å²) >= 11 is 0. The molecule has 3 aromatic heterocycles. The van der Waals surface area contributed by atoms with Crippen molar-refractivity contribution in [1.29, 1.82) is 0 Å². The molecule has 0 radical (unpaired) electrons. The third-order valence-corrected chi connectivity index (χ3v) is 23.3. The Balaban J connectivity index is 0.639. The Labute approximate surface area is 626 Å². The van der Waals surface area contributed by atoms with Crippen LogP contribution in [0.2, 0.25) is 0 Å². The predicted octanol–water partition coefficient (Wildman–Crippen LogP) is 30.5. The molecule has 0 amide bonds. The summed E-state index contributed by atoms with van der Waals surface area (Å²) in [5.74, 6) is 0. The summed E-state index contributed by atoms with van der Waals surface area (Å²) in [6.07, 6.45) is 0. The monoisotopic (exact) mass is 1380 g/mol. The van der Waals surface area contributed by atoms with Gasteiger partial charge in [0.25, 0.3) is 0 Å². The predicted molar refractivity (Wildman–Crippen MR) is 460 cm³/mol. The second-order valence-corrected chi connectivity index (χ2v) is 29.0. The van der Waals surface area contributed by atoms with Crippen LogP contribution in [-0.4, -0.2) is 0 Å². The first-order valence-corrected chi connectivity index (χ1v) is 37.5. The largest absolute Gasteiger partial charge is 0.456 e. The molecule has 0 bridgehead atoms. The van der Waals surface area contributed by atoms with Gasteiger partial charge in [-0.1, -0.05) is 328 Å². The summed E-state index contributed by atoms with van der Waals surface area (Å²) < 4.78 is 20.3. The maximum Gasteiger partial charge on any atom is 0.143 e. The number of hydrogen-bond donors (Lipinski definition) is 0. The van der Waals surface area contributed by atoms with E-state index in [1.807, 2.05) is 6.07 Å². The summed E-state index contributed by atoms with van der Waals surface area (Å²) in [6.45, 7) is 0. The third kappa shape index (κ3) is 9.30. The van der Waals surface area contributed by atoms with Gasteiger partial charge in [0, 0.05) is 49.0 Å². The Bertz CT molecular complexity index is 7660. The lowest BCUT2D eigenvalue weighted by Crippen LogP contribution is -1.93. The van der Waals surface area contributed by atoms with Crippen molar-refractivity contribution in [2.75, 3.05) is 0 Å². The van der Waals surface area contributed by atoms with Gasteiger partial charge in [0.15, 0.2) is 0 Å². The Morgan fingerprint density at radius 1 is 0.128 bits per heavy atom. The zero-order valence-corrected chi connectivity index (χ0v) is 59.0. The number of fused-ring (bicyclic) bond motifs is 16. The van der Waals surface area contributed by atoms with Crippen molar-refractivity contribution in [3.05, 3.63) is 376 Å². The van der Waals surface area contributed by atoms with Gasteiger partial charge in [-0.05, 0) is 207 Å². The van der Waals surface area contributed by atoms with E-state index in [0.29, 0.717) is 0 Å². The summed E-state index contributed by atoms with van der Waals surface area (Å²) in [4.78, 5) is 0. The maximum absolute atomic E-state index is 7.18. The van der Waals surface area contributed by atoms with E-state index in [1.54, 1.807) is 0 Å². The van der Waals surface area contributed by atoms with Gasteiger partial charge in [0.1, 0.15) is 33.5 Å². The van der Waals surface area contributed by atoms with Crippen LogP contribution in [0.1, 0.15) is 0 Å². The van der Waals surface area contributed by atoms with Crippen molar-refractivity contribution in [3.8, 4) is 100 Å². The van der Waals surface area contributed by atoms with E-state index in [2.05, 4.69) is 370 Å². The molecule has 0 saturated carbocycles. The lowest BCUT2D eigenvalue weighted by Gasteiger charge is -2.20. The molecule has 0 spiro atoms. The third-order valence-electron chi connectivity index (χ3n) is 23.3. The maximum atomic E-state index is 7.18. The van der Waals surface area contributed by atoms with E-state index >= 15 is 0 Å². The molecule has 23 rings (SSSR count). The zero-order valence-electron chi connectivity index (χ0n) is 59.0. The van der Waals surface area contributed by atoms with Gasteiger partial charge in [-0.3, -0.25) is 0 Å². The summed E-state index contributed by atoms with van der Waals surface area (Å²) in [6, 6.07) is 138. The molecule has 0 saturated heterocycles. The van der Waals surface area contributed by atoms with E-state index in [4.69, 9.17) is 13.3 Å². The van der Waals surface area contributed by atoms with Gasteiger partial charge < -0.3 is 13.3 Å². The van der Waals surface area contributed by atoms with Gasteiger partial charge in [-0.25, -0.2) is 0 Å². The van der Waals surface area contributed by atoms with Crippen LogP contribution in [-0.2, 0) is 0 Å². The van der Waals surface area contributed by atoms with Crippen LogP contribution in [0.25, 0.3) is 241 Å². The van der Waals surface area contributed by atoms with Crippen molar-refractivity contribution < 1.29 is 13.3 Å². The molecule has 3 nitrogen and oxygen atoms in total. The van der Waals surface area contributed by atoms with Gasteiger partial charge >= 0.3 is 0 Å². The first-order chi connectivity index (χ1) is 54.1. The molecule has 0 unspecified atom stereocenters. The minimum Gasteiger partial charge on any atom is -0.456 e. The molecule has 3 heteroatoms. The second-order valence-electron chi connectivity index (χ2n) is 29.0. The van der Waals surface area contributed by atoms with Crippen molar-refractivity contribution in [2.45, 2.75) is 0 Å². The van der Waals surface area contributed by atoms with Gasteiger partial charge in [0.2, 0.25) is 0 Å². The second kappa shape index (κ2) is 24.1. The standard InChI is InChI=1S/C106H62O3/c1-2-24-64(25-3-1)99-81-36-10-15-41-86(81)103(91-44-23-43-89-75-30-16-20-46-95(75)108-105(89)91)88-54-52-67(61-93(88)99)71-56-57-72(106-104(71)90-42-18-21-47-96(90)109-106)66-26-22-27-68(60-66)100-82-37-11-13-39-84(82)102(85-40-14-12-38-83(85)100)87-58-55-70(73-28-4-5-29-74(73)87)63-48-50-65(51-49-63)98-77-32-6-8-34-79(77)101(80-35-9-7-33-78(80)98)69-53-59-97-92(62-69)76-31-17-19-45-94(76)107-97/h1-62H. The van der Waals surface area contributed by atoms with E-state index in [-0.39, 0.29) is 0 Å². The highest BCUT2D eigenvalue weighted by Crippen LogP contribution is 2.53. The van der Waals surface area contributed by atoms with Crippen molar-refractivity contribution in [2.24, 2.45) is 0 Å². The molecule has 20 aromatic carbocycles. The minimum absolute atomic E-state index is 0.849. The SMILES string of the molecule is c1ccc(-c2c3ccccc3c(-c3cccc4c3oc3ccccc34)c3ccc(-c4ccc(-c5cccc(-c6c7ccccc7c(-c7ccc(-c8ccc(-c9c%10ccccc%10c(-c%10ccc%11oc%12ccccc%12c%11c%10)c%10ccccc9%10)cc8)c8ccccc78)c7ccccc67)c5)c5oc6ccccc6c45)cc23)cc1. The molecule has 0 aliphatic rings. The highest BCUT2D eigenvalue weighted by atomic mass is 16.3. The van der Waals surface area contributed by atoms with Crippen LogP contribution in [0.15, 0.2) is 389 Å². The zero-order chi connectivity index (χ0) is 71.4. The Kier molecular flexibility index (Phi) is 13.5. The first kappa shape index (κ1) is 61.0. The lowest BCUT2D eigenvalue weighted by atomic mass is 9.83. The molecule has 0 aliphatic carbocycles. The molecule has 0 fully saturated rings. The fourth-order valence-electron chi connectivity index (χ4n) is 18.6. The van der Waals surface area contributed by atoms with Crippen LogP contribution < -0.4 is 0 Å². The Morgan fingerprint density at radius 3 is 1.08 bits per heavy atom. The average Bonchev–Trinajstić information content (AvgIpc) is 1.36. The number of furan rings is 3. The molecular weight excluding hydrogens is 1320 g/mol.